The van der Waals surface area contributed by atoms with Gasteiger partial charge in [-0.15, -0.1) is 0 Å². The normalized spacial score (nSPS) is 12.5. The average Bonchev–Trinajstić information content (AvgIpc) is 2.85. The molecule has 3 aromatic carbocycles. The van der Waals surface area contributed by atoms with Crippen molar-refractivity contribution in [2.75, 3.05) is 17.1 Å². The maximum Gasteiger partial charge on any atom is 0.244 e. The molecule has 1 unspecified atom stereocenters. The highest BCUT2D eigenvalue weighted by Gasteiger charge is 2.34. The molecule has 39 heavy (non-hydrogen) atoms. The smallest absolute Gasteiger partial charge is 0.244 e. The SMILES string of the molecule is Cc1ccccc1N(CC(=O)N(Cc1ccc(F)cc1)C(Cc1ccccc1)C(=O)NC(C)(C)C)S(C)(=O)=O. The minimum absolute atomic E-state index is 0.0143. The first-order chi connectivity index (χ1) is 18.2. The van der Waals surface area contributed by atoms with Crippen molar-refractivity contribution in [3.63, 3.8) is 0 Å². The maximum atomic E-state index is 14.0. The number of amides is 2. The molecule has 3 aromatic rings. The Bertz CT molecular complexity index is 1390. The lowest BCUT2D eigenvalue weighted by atomic mass is 10.0. The topological polar surface area (TPSA) is 86.8 Å². The van der Waals surface area contributed by atoms with Gasteiger partial charge in [-0.05, 0) is 62.6 Å². The monoisotopic (exact) mass is 553 g/mol. The van der Waals surface area contributed by atoms with Crippen LogP contribution in [-0.4, -0.2) is 49.5 Å². The fourth-order valence-electron chi connectivity index (χ4n) is 4.23. The van der Waals surface area contributed by atoms with E-state index in [9.17, 15) is 22.4 Å². The van der Waals surface area contributed by atoms with Crippen LogP contribution in [0, 0.1) is 12.7 Å². The van der Waals surface area contributed by atoms with Gasteiger partial charge in [0.15, 0.2) is 0 Å². The number of halogens is 1. The molecule has 0 heterocycles. The minimum Gasteiger partial charge on any atom is -0.350 e. The van der Waals surface area contributed by atoms with Gasteiger partial charge in [0.1, 0.15) is 18.4 Å². The Morgan fingerprint density at radius 2 is 1.49 bits per heavy atom. The van der Waals surface area contributed by atoms with E-state index in [0.29, 0.717) is 16.8 Å². The molecule has 0 bridgehead atoms. The standard InChI is InChI=1S/C30H36FN3O4S/c1-22-11-9-10-14-26(22)34(39(5,37)38)21-28(35)33(20-24-15-17-25(31)18-16-24)27(29(36)32-30(2,3)4)19-23-12-7-6-8-13-23/h6-18,27H,19-21H2,1-5H3,(H,32,36). The zero-order valence-electron chi connectivity index (χ0n) is 23.0. The van der Waals surface area contributed by atoms with Crippen LogP contribution in [0.5, 0.6) is 0 Å². The van der Waals surface area contributed by atoms with Crippen LogP contribution >= 0.6 is 0 Å². The number of para-hydroxylation sites is 1. The van der Waals surface area contributed by atoms with Gasteiger partial charge >= 0.3 is 0 Å². The molecule has 208 valence electrons. The summed E-state index contributed by atoms with van der Waals surface area (Å²) in [6.45, 7) is 6.79. The van der Waals surface area contributed by atoms with E-state index in [2.05, 4.69) is 5.32 Å². The molecule has 1 atom stereocenters. The zero-order chi connectivity index (χ0) is 28.8. The number of sulfonamides is 1. The van der Waals surface area contributed by atoms with Crippen molar-refractivity contribution in [2.24, 2.45) is 0 Å². The number of anilines is 1. The third kappa shape index (κ3) is 8.64. The number of benzene rings is 3. The highest BCUT2D eigenvalue weighted by Crippen LogP contribution is 2.23. The molecular formula is C30H36FN3O4S. The largest absolute Gasteiger partial charge is 0.350 e. The van der Waals surface area contributed by atoms with Gasteiger partial charge in [0.05, 0.1) is 11.9 Å². The van der Waals surface area contributed by atoms with Crippen LogP contribution < -0.4 is 9.62 Å². The third-order valence-electron chi connectivity index (χ3n) is 6.10. The van der Waals surface area contributed by atoms with Crippen molar-refractivity contribution in [2.45, 2.75) is 52.2 Å². The van der Waals surface area contributed by atoms with Crippen LogP contribution in [0.25, 0.3) is 0 Å². The first-order valence-corrected chi connectivity index (χ1v) is 14.5. The van der Waals surface area contributed by atoms with Gasteiger partial charge in [0, 0.05) is 18.5 Å². The summed E-state index contributed by atoms with van der Waals surface area (Å²) in [7, 11) is -3.85. The number of nitrogens with zero attached hydrogens (tertiary/aromatic N) is 2. The molecule has 9 heteroatoms. The fraction of sp³-hybridized carbons (Fsp3) is 0.333. The Kier molecular flexibility index (Phi) is 9.50. The summed E-state index contributed by atoms with van der Waals surface area (Å²) in [4.78, 5) is 29.1. The molecule has 0 fully saturated rings. The van der Waals surface area contributed by atoms with Gasteiger partial charge in [0.2, 0.25) is 21.8 Å². The van der Waals surface area contributed by atoms with Crippen LogP contribution in [0.3, 0.4) is 0 Å². The van der Waals surface area contributed by atoms with Crippen LogP contribution in [0.15, 0.2) is 78.9 Å². The van der Waals surface area contributed by atoms with Crippen molar-refractivity contribution in [3.8, 4) is 0 Å². The highest BCUT2D eigenvalue weighted by atomic mass is 32.2. The first kappa shape index (κ1) is 29.8. The Morgan fingerprint density at radius 3 is 2.05 bits per heavy atom. The van der Waals surface area contributed by atoms with Crippen LogP contribution in [0.1, 0.15) is 37.5 Å². The van der Waals surface area contributed by atoms with E-state index in [0.717, 1.165) is 16.1 Å². The van der Waals surface area contributed by atoms with E-state index in [1.54, 1.807) is 43.3 Å². The van der Waals surface area contributed by atoms with Gasteiger partial charge in [0.25, 0.3) is 0 Å². The quantitative estimate of drug-likeness (QED) is 0.402. The Hall–Kier alpha value is -3.72. The second kappa shape index (κ2) is 12.4. The summed E-state index contributed by atoms with van der Waals surface area (Å²) in [5.41, 5.74) is 1.94. The fourth-order valence-corrected chi connectivity index (χ4v) is 5.14. The first-order valence-electron chi connectivity index (χ1n) is 12.7. The minimum atomic E-state index is -3.85. The molecule has 0 aliphatic rings. The number of hydrogen-bond acceptors (Lipinski definition) is 4. The molecule has 1 N–H and O–H groups in total. The Labute approximate surface area is 230 Å². The van der Waals surface area contributed by atoms with Crippen molar-refractivity contribution in [3.05, 3.63) is 101 Å². The number of aryl methyl sites for hydroxylation is 1. The summed E-state index contributed by atoms with van der Waals surface area (Å²) >= 11 is 0. The van der Waals surface area contributed by atoms with Crippen LogP contribution in [0.2, 0.25) is 0 Å². The lowest BCUT2D eigenvalue weighted by Crippen LogP contribution is -2.56. The molecule has 0 aliphatic heterocycles. The maximum absolute atomic E-state index is 14.0. The summed E-state index contributed by atoms with van der Waals surface area (Å²) in [6.07, 6.45) is 1.25. The molecule has 2 amide bonds. The third-order valence-corrected chi connectivity index (χ3v) is 7.23. The predicted molar refractivity (Wildman–Crippen MR) is 152 cm³/mol. The summed E-state index contributed by atoms with van der Waals surface area (Å²) < 4.78 is 40.4. The van der Waals surface area contributed by atoms with Gasteiger partial charge in [-0.2, -0.15) is 0 Å². The molecule has 0 saturated carbocycles. The van der Waals surface area contributed by atoms with Gasteiger partial charge in [-0.1, -0.05) is 60.7 Å². The number of carbonyl (C=O) groups excluding carboxylic acids is 2. The molecule has 0 radical (unpaired) electrons. The van der Waals surface area contributed by atoms with Gasteiger partial charge in [-0.25, -0.2) is 12.8 Å². The molecule has 0 saturated heterocycles. The van der Waals surface area contributed by atoms with E-state index in [4.69, 9.17) is 0 Å². The van der Waals surface area contributed by atoms with Crippen molar-refractivity contribution >= 4 is 27.5 Å². The second-order valence-corrected chi connectivity index (χ2v) is 12.6. The number of hydrogen-bond donors (Lipinski definition) is 1. The van der Waals surface area contributed by atoms with Crippen molar-refractivity contribution < 1.29 is 22.4 Å². The molecule has 0 spiro atoms. The van der Waals surface area contributed by atoms with Crippen LogP contribution in [0.4, 0.5) is 10.1 Å². The number of carbonyl (C=O) groups is 2. The van der Waals surface area contributed by atoms with E-state index in [1.807, 2.05) is 51.1 Å². The highest BCUT2D eigenvalue weighted by molar-refractivity contribution is 7.92. The lowest BCUT2D eigenvalue weighted by molar-refractivity contribution is -0.140. The van der Waals surface area contributed by atoms with Crippen LogP contribution in [-0.2, 0) is 32.6 Å². The zero-order valence-corrected chi connectivity index (χ0v) is 23.8. The van der Waals surface area contributed by atoms with E-state index in [-0.39, 0.29) is 18.9 Å². The lowest BCUT2D eigenvalue weighted by Gasteiger charge is -2.35. The molecule has 0 aromatic heterocycles. The van der Waals surface area contributed by atoms with E-state index >= 15 is 0 Å². The summed E-state index contributed by atoms with van der Waals surface area (Å²) in [5, 5.41) is 2.97. The molecule has 3 rings (SSSR count). The number of rotatable bonds is 10. The number of nitrogens with one attached hydrogen (secondary N) is 1. The van der Waals surface area contributed by atoms with Gasteiger partial charge < -0.3 is 10.2 Å². The van der Waals surface area contributed by atoms with Crippen molar-refractivity contribution in [1.29, 1.82) is 0 Å². The average molecular weight is 554 g/mol. The van der Waals surface area contributed by atoms with E-state index in [1.165, 1.54) is 17.0 Å². The molecule has 0 aliphatic carbocycles. The summed E-state index contributed by atoms with van der Waals surface area (Å²) in [5.74, 6) is -1.35. The van der Waals surface area contributed by atoms with E-state index < -0.39 is 39.9 Å². The van der Waals surface area contributed by atoms with Crippen molar-refractivity contribution in [1.82, 2.24) is 10.2 Å². The second-order valence-electron chi connectivity index (χ2n) is 10.6. The molecular weight excluding hydrogens is 517 g/mol. The Balaban J connectivity index is 2.08. The van der Waals surface area contributed by atoms with Gasteiger partial charge in [-0.3, -0.25) is 13.9 Å². The molecule has 7 nitrogen and oxygen atoms in total. The predicted octanol–water partition coefficient (Wildman–Crippen LogP) is 4.45. The summed E-state index contributed by atoms with van der Waals surface area (Å²) in [6, 6.07) is 20.9. The Morgan fingerprint density at radius 1 is 0.897 bits per heavy atom.